The zero-order valence-corrected chi connectivity index (χ0v) is 18.2. The summed E-state index contributed by atoms with van der Waals surface area (Å²) in [5, 5.41) is 0. The molecule has 0 aliphatic heterocycles. The first-order chi connectivity index (χ1) is 16.1. The highest BCUT2D eigenvalue weighted by Crippen LogP contribution is 2.29. The molecule has 8 heteroatoms. The van der Waals surface area contributed by atoms with Crippen molar-refractivity contribution in [3.8, 4) is 16.9 Å². The minimum absolute atomic E-state index is 0.218. The van der Waals surface area contributed by atoms with Crippen LogP contribution in [0.2, 0.25) is 0 Å². The first-order valence-electron chi connectivity index (χ1n) is 10.6. The van der Waals surface area contributed by atoms with Gasteiger partial charge < -0.3 is 4.74 Å². The quantitative estimate of drug-likeness (QED) is 0.429. The Hall–Kier alpha value is -4.33. The smallest absolute Gasteiger partial charge is 0.329 e. The number of carbonyl (C=O) groups excluding carboxylic acids is 2. The molecule has 4 aromatic rings. The molecule has 3 aromatic carbocycles. The number of para-hydroxylation sites is 3. The lowest BCUT2D eigenvalue weighted by atomic mass is 10.1. The lowest BCUT2D eigenvalue weighted by Crippen LogP contribution is -2.46. The van der Waals surface area contributed by atoms with Crippen LogP contribution >= 0.6 is 0 Å². The highest BCUT2D eigenvalue weighted by atomic mass is 16.5. The maximum atomic E-state index is 12.6. The average Bonchev–Trinajstić information content (AvgIpc) is 3.12. The van der Waals surface area contributed by atoms with Crippen LogP contribution in [-0.4, -0.2) is 27.6 Å². The molecule has 2 N–H and O–H groups in total. The van der Waals surface area contributed by atoms with Gasteiger partial charge >= 0.3 is 5.69 Å². The van der Waals surface area contributed by atoms with Gasteiger partial charge in [0, 0.05) is 12.1 Å². The third-order valence-corrected chi connectivity index (χ3v) is 5.22. The van der Waals surface area contributed by atoms with E-state index in [-0.39, 0.29) is 18.8 Å². The number of benzene rings is 3. The van der Waals surface area contributed by atoms with E-state index < -0.39 is 11.8 Å². The molecule has 1 heterocycles. The summed E-state index contributed by atoms with van der Waals surface area (Å²) in [5.74, 6) is -0.479. The maximum absolute atomic E-state index is 12.6. The van der Waals surface area contributed by atoms with Crippen LogP contribution in [0.25, 0.3) is 22.2 Å². The molecule has 168 valence electrons. The first-order valence-corrected chi connectivity index (χ1v) is 10.6. The fraction of sp³-hybridized carbons (Fsp3) is 0.160. The van der Waals surface area contributed by atoms with Gasteiger partial charge in [0.25, 0.3) is 11.8 Å². The number of nitrogens with one attached hydrogen (secondary N) is 2. The third kappa shape index (κ3) is 4.79. The SMILES string of the molecule is CCn1c(=O)n(CC(=O)NNC(=O)COc2ccccc2-c2ccccc2)c2ccccc21. The molecule has 0 saturated carbocycles. The number of carbonyl (C=O) groups is 2. The molecular formula is C25H24N4O4. The predicted molar refractivity (Wildman–Crippen MR) is 126 cm³/mol. The number of nitrogens with zero attached hydrogens (tertiary/aromatic N) is 2. The fourth-order valence-corrected chi connectivity index (χ4v) is 3.68. The van der Waals surface area contributed by atoms with Crippen LogP contribution in [0, 0.1) is 0 Å². The number of fused-ring (bicyclic) bond motifs is 1. The number of ether oxygens (including phenoxy) is 1. The van der Waals surface area contributed by atoms with Crippen molar-refractivity contribution < 1.29 is 14.3 Å². The Kier molecular flexibility index (Phi) is 6.54. The van der Waals surface area contributed by atoms with E-state index in [1.807, 2.05) is 73.7 Å². The lowest BCUT2D eigenvalue weighted by Gasteiger charge is -2.12. The van der Waals surface area contributed by atoms with Crippen LogP contribution < -0.4 is 21.3 Å². The second-order valence-electron chi connectivity index (χ2n) is 7.35. The summed E-state index contributed by atoms with van der Waals surface area (Å²) in [4.78, 5) is 37.3. The Balaban J connectivity index is 1.35. The minimum atomic E-state index is -0.519. The lowest BCUT2D eigenvalue weighted by molar-refractivity contribution is -0.130. The Morgan fingerprint density at radius 3 is 2.12 bits per heavy atom. The Morgan fingerprint density at radius 1 is 0.788 bits per heavy atom. The van der Waals surface area contributed by atoms with E-state index >= 15 is 0 Å². The standard InChI is InChI=1S/C25H24N4O4/c1-2-28-20-13-7-8-14-21(20)29(25(28)32)16-23(30)26-27-24(31)17-33-22-15-9-6-12-19(22)18-10-4-3-5-11-18/h3-15H,2,16-17H2,1H3,(H,26,30)(H,27,31). The number of hydrogen-bond acceptors (Lipinski definition) is 4. The Bertz CT molecular complexity index is 1340. The summed E-state index contributed by atoms with van der Waals surface area (Å²) in [6.07, 6.45) is 0. The first kappa shape index (κ1) is 21.9. The summed E-state index contributed by atoms with van der Waals surface area (Å²) in [6, 6.07) is 24.4. The number of aryl methyl sites for hydroxylation is 1. The number of hydrazine groups is 1. The molecular weight excluding hydrogens is 420 g/mol. The van der Waals surface area contributed by atoms with Crippen LogP contribution in [-0.2, 0) is 22.7 Å². The summed E-state index contributed by atoms with van der Waals surface area (Å²) in [7, 11) is 0. The molecule has 2 amide bonds. The molecule has 0 radical (unpaired) electrons. The van der Waals surface area contributed by atoms with E-state index in [1.165, 1.54) is 4.57 Å². The number of aromatic nitrogens is 2. The second kappa shape index (κ2) is 9.86. The molecule has 0 aliphatic carbocycles. The third-order valence-electron chi connectivity index (χ3n) is 5.22. The van der Waals surface area contributed by atoms with Crippen molar-refractivity contribution in [1.29, 1.82) is 0 Å². The Morgan fingerprint density at radius 2 is 1.39 bits per heavy atom. The van der Waals surface area contributed by atoms with E-state index in [0.29, 0.717) is 17.8 Å². The van der Waals surface area contributed by atoms with Gasteiger partial charge in [-0.1, -0.05) is 60.7 Å². The molecule has 1 aromatic heterocycles. The van der Waals surface area contributed by atoms with Gasteiger partial charge in [0.05, 0.1) is 11.0 Å². The van der Waals surface area contributed by atoms with Gasteiger partial charge in [0.15, 0.2) is 6.61 Å². The molecule has 0 saturated heterocycles. The zero-order valence-electron chi connectivity index (χ0n) is 18.2. The van der Waals surface area contributed by atoms with Crippen molar-refractivity contribution in [2.75, 3.05) is 6.61 Å². The van der Waals surface area contributed by atoms with Crippen molar-refractivity contribution in [1.82, 2.24) is 20.0 Å². The van der Waals surface area contributed by atoms with Gasteiger partial charge in [-0.25, -0.2) is 4.79 Å². The van der Waals surface area contributed by atoms with E-state index in [0.717, 1.165) is 16.6 Å². The van der Waals surface area contributed by atoms with Crippen molar-refractivity contribution in [3.05, 3.63) is 89.3 Å². The molecule has 8 nitrogen and oxygen atoms in total. The monoisotopic (exact) mass is 444 g/mol. The topological polar surface area (TPSA) is 94.4 Å². The average molecular weight is 444 g/mol. The zero-order chi connectivity index (χ0) is 23.2. The minimum Gasteiger partial charge on any atom is -0.483 e. The molecule has 0 atom stereocenters. The van der Waals surface area contributed by atoms with Crippen LogP contribution in [0.4, 0.5) is 0 Å². The van der Waals surface area contributed by atoms with Crippen LogP contribution in [0.3, 0.4) is 0 Å². The molecule has 0 bridgehead atoms. The van der Waals surface area contributed by atoms with Crippen LogP contribution in [0.15, 0.2) is 83.7 Å². The van der Waals surface area contributed by atoms with Gasteiger partial charge in [-0.2, -0.15) is 0 Å². The summed E-state index contributed by atoms with van der Waals surface area (Å²) in [6.45, 7) is 1.87. The predicted octanol–water partition coefficient (Wildman–Crippen LogP) is 2.72. The van der Waals surface area contributed by atoms with Gasteiger partial charge in [-0.3, -0.25) is 29.6 Å². The number of rotatable bonds is 7. The van der Waals surface area contributed by atoms with Crippen molar-refractivity contribution in [2.45, 2.75) is 20.0 Å². The van der Waals surface area contributed by atoms with Crippen molar-refractivity contribution >= 4 is 22.8 Å². The normalized spacial score (nSPS) is 10.7. The van der Waals surface area contributed by atoms with Gasteiger partial charge in [-0.05, 0) is 30.7 Å². The summed E-state index contributed by atoms with van der Waals surface area (Å²) >= 11 is 0. The summed E-state index contributed by atoms with van der Waals surface area (Å²) < 4.78 is 8.66. The highest BCUT2D eigenvalue weighted by molar-refractivity contribution is 5.84. The largest absolute Gasteiger partial charge is 0.483 e. The molecule has 33 heavy (non-hydrogen) atoms. The van der Waals surface area contributed by atoms with Crippen LogP contribution in [0.5, 0.6) is 5.75 Å². The molecule has 0 aliphatic rings. The molecule has 0 unspecified atom stereocenters. The second-order valence-corrected chi connectivity index (χ2v) is 7.35. The van der Waals surface area contributed by atoms with Gasteiger partial charge in [0.1, 0.15) is 12.3 Å². The summed E-state index contributed by atoms with van der Waals surface area (Å²) in [5.41, 5.74) is 7.65. The van der Waals surface area contributed by atoms with E-state index in [9.17, 15) is 14.4 Å². The van der Waals surface area contributed by atoms with Gasteiger partial charge in [0.2, 0.25) is 0 Å². The van der Waals surface area contributed by atoms with Gasteiger partial charge in [-0.15, -0.1) is 0 Å². The van der Waals surface area contributed by atoms with E-state index in [2.05, 4.69) is 10.9 Å². The maximum Gasteiger partial charge on any atom is 0.329 e. The molecule has 4 rings (SSSR count). The highest BCUT2D eigenvalue weighted by Gasteiger charge is 2.15. The van der Waals surface area contributed by atoms with Crippen LogP contribution in [0.1, 0.15) is 6.92 Å². The van der Waals surface area contributed by atoms with Crippen molar-refractivity contribution in [2.24, 2.45) is 0 Å². The van der Waals surface area contributed by atoms with Crippen molar-refractivity contribution in [3.63, 3.8) is 0 Å². The Labute approximate surface area is 190 Å². The van der Waals surface area contributed by atoms with E-state index in [1.54, 1.807) is 16.7 Å². The number of amides is 2. The van der Waals surface area contributed by atoms with E-state index in [4.69, 9.17) is 4.74 Å². The molecule has 0 spiro atoms. The number of hydrogen-bond donors (Lipinski definition) is 2. The number of imidazole rings is 1. The fourth-order valence-electron chi connectivity index (χ4n) is 3.68. The molecule has 0 fully saturated rings.